The van der Waals surface area contributed by atoms with Crippen LogP contribution in [0.5, 0.6) is 0 Å². The first-order chi connectivity index (χ1) is 6.65. The van der Waals surface area contributed by atoms with Crippen LogP contribution in [-0.2, 0) is 0 Å². The third-order valence-corrected chi connectivity index (χ3v) is 1.64. The molecular weight excluding hydrogens is 180 g/mol. The lowest BCUT2D eigenvalue weighted by atomic mass is 10.2. The number of amides is 1. The smallest absolute Gasteiger partial charge is 0.268 e. The van der Waals surface area contributed by atoms with Gasteiger partial charge in [-0.3, -0.25) is 15.2 Å². The molecule has 0 aliphatic rings. The molecule has 0 aliphatic heterocycles. The SMILES string of the molecule is CC(C)Nc1ccncc1C(=O)NN. The largest absolute Gasteiger partial charge is 0.382 e. The number of nitrogen functional groups attached to an aromatic ring is 1. The van der Waals surface area contributed by atoms with Gasteiger partial charge in [-0.25, -0.2) is 5.84 Å². The molecule has 1 aromatic heterocycles. The molecule has 4 N–H and O–H groups in total. The summed E-state index contributed by atoms with van der Waals surface area (Å²) in [6.45, 7) is 3.98. The third kappa shape index (κ3) is 2.43. The van der Waals surface area contributed by atoms with Crippen molar-refractivity contribution in [1.29, 1.82) is 0 Å². The van der Waals surface area contributed by atoms with Gasteiger partial charge in [0.2, 0.25) is 0 Å². The van der Waals surface area contributed by atoms with E-state index in [9.17, 15) is 4.79 Å². The number of aromatic nitrogens is 1. The zero-order chi connectivity index (χ0) is 10.6. The number of carbonyl (C=O) groups is 1. The zero-order valence-corrected chi connectivity index (χ0v) is 8.24. The van der Waals surface area contributed by atoms with Gasteiger partial charge in [0.15, 0.2) is 0 Å². The Morgan fingerprint density at radius 3 is 2.86 bits per heavy atom. The van der Waals surface area contributed by atoms with Crippen LogP contribution in [0.3, 0.4) is 0 Å². The van der Waals surface area contributed by atoms with Crippen molar-refractivity contribution >= 4 is 11.6 Å². The zero-order valence-electron chi connectivity index (χ0n) is 8.24. The highest BCUT2D eigenvalue weighted by Gasteiger charge is 2.10. The maximum Gasteiger partial charge on any atom is 0.268 e. The molecule has 0 saturated carbocycles. The minimum Gasteiger partial charge on any atom is -0.382 e. The first kappa shape index (κ1) is 10.5. The molecule has 0 atom stereocenters. The molecule has 0 unspecified atom stereocenters. The number of pyridine rings is 1. The third-order valence-electron chi connectivity index (χ3n) is 1.64. The minimum absolute atomic E-state index is 0.252. The maximum absolute atomic E-state index is 11.3. The Hall–Kier alpha value is -1.62. The lowest BCUT2D eigenvalue weighted by molar-refractivity contribution is 0.0954. The summed E-state index contributed by atoms with van der Waals surface area (Å²) >= 11 is 0. The molecule has 1 amide bonds. The molecular formula is C9H14N4O. The normalized spacial score (nSPS) is 10.0. The fourth-order valence-electron chi connectivity index (χ4n) is 1.09. The van der Waals surface area contributed by atoms with Crippen LogP contribution in [0.1, 0.15) is 24.2 Å². The van der Waals surface area contributed by atoms with E-state index in [-0.39, 0.29) is 11.9 Å². The molecule has 0 spiro atoms. The van der Waals surface area contributed by atoms with Crippen molar-refractivity contribution in [2.45, 2.75) is 19.9 Å². The maximum atomic E-state index is 11.3. The molecule has 5 heteroatoms. The number of rotatable bonds is 3. The molecule has 0 aliphatic carbocycles. The number of hydrogen-bond donors (Lipinski definition) is 3. The van der Waals surface area contributed by atoms with Gasteiger partial charge in [-0.2, -0.15) is 0 Å². The standard InChI is InChI=1S/C9H14N4O/c1-6(2)12-8-3-4-11-5-7(8)9(14)13-10/h3-6H,10H2,1-2H3,(H,11,12)(H,13,14). The summed E-state index contributed by atoms with van der Waals surface area (Å²) in [7, 11) is 0. The molecule has 1 rings (SSSR count). The Morgan fingerprint density at radius 2 is 2.29 bits per heavy atom. The van der Waals surface area contributed by atoms with Gasteiger partial charge in [0.25, 0.3) is 5.91 Å². The van der Waals surface area contributed by atoms with Gasteiger partial charge in [-0.1, -0.05) is 0 Å². The summed E-state index contributed by atoms with van der Waals surface area (Å²) in [6.07, 6.45) is 3.10. The van der Waals surface area contributed by atoms with E-state index < -0.39 is 0 Å². The number of anilines is 1. The van der Waals surface area contributed by atoms with Crippen LogP contribution >= 0.6 is 0 Å². The summed E-state index contributed by atoms with van der Waals surface area (Å²) < 4.78 is 0. The summed E-state index contributed by atoms with van der Waals surface area (Å²) in [6, 6.07) is 1.99. The Labute approximate surface area is 82.7 Å². The first-order valence-corrected chi connectivity index (χ1v) is 4.36. The second-order valence-electron chi connectivity index (χ2n) is 3.19. The first-order valence-electron chi connectivity index (χ1n) is 4.36. The Morgan fingerprint density at radius 1 is 1.57 bits per heavy atom. The quantitative estimate of drug-likeness (QED) is 0.372. The summed E-state index contributed by atoms with van der Waals surface area (Å²) in [5, 5.41) is 3.13. The Balaban J connectivity index is 2.97. The topological polar surface area (TPSA) is 80.0 Å². The Bertz CT molecular complexity index is 324. The molecule has 1 aromatic rings. The van der Waals surface area contributed by atoms with Crippen LogP contribution in [0.25, 0.3) is 0 Å². The van der Waals surface area contributed by atoms with Crippen LogP contribution in [-0.4, -0.2) is 16.9 Å². The Kier molecular flexibility index (Phi) is 3.41. The molecule has 0 bridgehead atoms. The lowest BCUT2D eigenvalue weighted by Crippen LogP contribution is -2.31. The molecule has 1 heterocycles. The highest BCUT2D eigenvalue weighted by atomic mass is 16.2. The van der Waals surface area contributed by atoms with Crippen LogP contribution < -0.4 is 16.6 Å². The molecule has 14 heavy (non-hydrogen) atoms. The lowest BCUT2D eigenvalue weighted by Gasteiger charge is -2.12. The molecule has 76 valence electrons. The van der Waals surface area contributed by atoms with E-state index in [0.717, 1.165) is 5.69 Å². The van der Waals surface area contributed by atoms with Crippen molar-refractivity contribution in [2.24, 2.45) is 5.84 Å². The fraction of sp³-hybridized carbons (Fsp3) is 0.333. The minimum atomic E-state index is -0.346. The number of nitrogens with one attached hydrogen (secondary N) is 2. The number of carbonyl (C=O) groups excluding carboxylic acids is 1. The van der Waals surface area contributed by atoms with E-state index in [1.54, 1.807) is 12.3 Å². The van der Waals surface area contributed by atoms with Gasteiger partial charge in [-0.15, -0.1) is 0 Å². The van der Waals surface area contributed by atoms with Crippen LogP contribution in [0.15, 0.2) is 18.5 Å². The average Bonchev–Trinajstić information content (AvgIpc) is 2.16. The van der Waals surface area contributed by atoms with Gasteiger partial charge in [0, 0.05) is 18.4 Å². The predicted molar refractivity (Wildman–Crippen MR) is 54.6 cm³/mol. The van der Waals surface area contributed by atoms with Gasteiger partial charge < -0.3 is 5.32 Å². The van der Waals surface area contributed by atoms with Gasteiger partial charge in [0.05, 0.1) is 11.3 Å². The van der Waals surface area contributed by atoms with Crippen molar-refractivity contribution in [2.75, 3.05) is 5.32 Å². The van der Waals surface area contributed by atoms with Crippen molar-refractivity contribution in [1.82, 2.24) is 10.4 Å². The van der Waals surface area contributed by atoms with Crippen LogP contribution in [0, 0.1) is 0 Å². The number of hydrogen-bond acceptors (Lipinski definition) is 4. The highest BCUT2D eigenvalue weighted by Crippen LogP contribution is 2.13. The summed E-state index contributed by atoms with van der Waals surface area (Å²) in [5.41, 5.74) is 3.26. The van der Waals surface area contributed by atoms with Crippen molar-refractivity contribution in [3.05, 3.63) is 24.0 Å². The summed E-state index contributed by atoms with van der Waals surface area (Å²) in [5.74, 6) is 4.70. The van der Waals surface area contributed by atoms with E-state index >= 15 is 0 Å². The molecule has 0 saturated heterocycles. The molecule has 0 radical (unpaired) electrons. The summed E-state index contributed by atoms with van der Waals surface area (Å²) in [4.78, 5) is 15.2. The van der Waals surface area contributed by atoms with Crippen molar-refractivity contribution < 1.29 is 4.79 Å². The van der Waals surface area contributed by atoms with Gasteiger partial charge in [-0.05, 0) is 19.9 Å². The van der Waals surface area contributed by atoms with E-state index in [1.807, 2.05) is 13.8 Å². The van der Waals surface area contributed by atoms with Crippen LogP contribution in [0.4, 0.5) is 5.69 Å². The van der Waals surface area contributed by atoms with Gasteiger partial charge >= 0.3 is 0 Å². The molecule has 0 fully saturated rings. The fourth-order valence-corrected chi connectivity index (χ4v) is 1.09. The van der Waals surface area contributed by atoms with E-state index in [1.165, 1.54) is 6.20 Å². The number of hydrazine groups is 1. The van der Waals surface area contributed by atoms with Crippen molar-refractivity contribution in [3.8, 4) is 0 Å². The van der Waals surface area contributed by atoms with E-state index in [0.29, 0.717) is 5.56 Å². The number of nitrogens with zero attached hydrogens (tertiary/aromatic N) is 1. The second kappa shape index (κ2) is 4.57. The second-order valence-corrected chi connectivity index (χ2v) is 3.19. The highest BCUT2D eigenvalue weighted by molar-refractivity contribution is 5.98. The monoisotopic (exact) mass is 194 g/mol. The van der Waals surface area contributed by atoms with E-state index in [2.05, 4.69) is 15.7 Å². The van der Waals surface area contributed by atoms with Gasteiger partial charge in [0.1, 0.15) is 0 Å². The molecule has 0 aromatic carbocycles. The molecule has 5 nitrogen and oxygen atoms in total. The predicted octanol–water partition coefficient (Wildman–Crippen LogP) is 0.505. The average molecular weight is 194 g/mol. The van der Waals surface area contributed by atoms with Crippen LogP contribution in [0.2, 0.25) is 0 Å². The van der Waals surface area contributed by atoms with Crippen molar-refractivity contribution in [3.63, 3.8) is 0 Å². The number of nitrogens with two attached hydrogens (primary N) is 1. The van der Waals surface area contributed by atoms with E-state index in [4.69, 9.17) is 5.84 Å².